The van der Waals surface area contributed by atoms with E-state index in [2.05, 4.69) is 20.9 Å². The first-order chi connectivity index (χ1) is 11.2. The number of benzene rings is 1. The van der Waals surface area contributed by atoms with Gasteiger partial charge in [-0.1, -0.05) is 15.9 Å². The molecule has 0 spiro atoms. The predicted octanol–water partition coefficient (Wildman–Crippen LogP) is 3.06. The number of amides is 1. The first-order valence-corrected chi connectivity index (χ1v) is 8.34. The van der Waals surface area contributed by atoms with Gasteiger partial charge in [0.15, 0.2) is 0 Å². The molecule has 1 unspecified atom stereocenters. The van der Waals surface area contributed by atoms with E-state index in [9.17, 15) is 4.79 Å². The second-order valence-corrected chi connectivity index (χ2v) is 6.50. The second-order valence-electron chi connectivity index (χ2n) is 5.58. The second kappa shape index (κ2) is 7.10. The van der Waals surface area contributed by atoms with E-state index in [4.69, 9.17) is 10.5 Å². The van der Waals surface area contributed by atoms with Gasteiger partial charge in [-0.3, -0.25) is 4.79 Å². The van der Waals surface area contributed by atoms with E-state index in [1.54, 1.807) is 18.3 Å². The van der Waals surface area contributed by atoms with E-state index in [-0.39, 0.29) is 5.91 Å². The zero-order chi connectivity index (χ0) is 16.2. The van der Waals surface area contributed by atoms with Crippen LogP contribution in [0.2, 0.25) is 0 Å². The third-order valence-electron chi connectivity index (χ3n) is 3.93. The molecular weight excluding hydrogens is 358 g/mol. The van der Waals surface area contributed by atoms with Crippen LogP contribution in [0.15, 0.2) is 47.1 Å². The van der Waals surface area contributed by atoms with Crippen molar-refractivity contribution in [2.24, 2.45) is 11.7 Å². The lowest BCUT2D eigenvalue weighted by Crippen LogP contribution is -2.29. The molecule has 23 heavy (non-hydrogen) atoms. The molecule has 1 aromatic heterocycles. The van der Waals surface area contributed by atoms with Crippen LogP contribution in [0.1, 0.15) is 16.8 Å². The third-order valence-corrected chi connectivity index (χ3v) is 4.45. The van der Waals surface area contributed by atoms with Gasteiger partial charge in [0.05, 0.1) is 5.56 Å². The highest BCUT2D eigenvalue weighted by Gasteiger charge is 2.26. The molecule has 0 radical (unpaired) electrons. The van der Waals surface area contributed by atoms with E-state index >= 15 is 0 Å². The lowest BCUT2D eigenvalue weighted by atomic mass is 10.1. The Bertz CT molecular complexity index is 673. The maximum Gasteiger partial charge on any atom is 0.255 e. The van der Waals surface area contributed by atoms with Crippen LogP contribution < -0.4 is 10.5 Å². The van der Waals surface area contributed by atoms with E-state index in [1.165, 1.54) is 0 Å². The molecule has 1 fully saturated rings. The van der Waals surface area contributed by atoms with E-state index < -0.39 is 0 Å². The molecule has 1 saturated heterocycles. The minimum absolute atomic E-state index is 0.00337. The summed E-state index contributed by atoms with van der Waals surface area (Å²) in [4.78, 5) is 18.5. The number of pyridine rings is 1. The number of ether oxygens (including phenoxy) is 1. The zero-order valence-corrected chi connectivity index (χ0v) is 14.2. The van der Waals surface area contributed by atoms with Crippen LogP contribution >= 0.6 is 15.9 Å². The fourth-order valence-electron chi connectivity index (χ4n) is 2.58. The Morgan fingerprint density at radius 1 is 1.30 bits per heavy atom. The number of hydrogen-bond acceptors (Lipinski definition) is 4. The molecule has 2 heterocycles. The summed E-state index contributed by atoms with van der Waals surface area (Å²) in [6.07, 6.45) is 2.53. The molecule has 0 aliphatic carbocycles. The molecule has 1 aromatic carbocycles. The van der Waals surface area contributed by atoms with Gasteiger partial charge in [-0.25, -0.2) is 4.98 Å². The van der Waals surface area contributed by atoms with Crippen molar-refractivity contribution in [2.45, 2.75) is 6.42 Å². The van der Waals surface area contributed by atoms with Gasteiger partial charge >= 0.3 is 0 Å². The average molecular weight is 376 g/mol. The standard InChI is InChI=1S/C17H18BrN3O2/c18-14-2-4-15(5-3-14)23-16-6-1-13(10-20-16)17(22)21-8-7-12(9-19)11-21/h1-6,10,12H,7-9,11,19H2. The molecule has 1 aliphatic rings. The largest absolute Gasteiger partial charge is 0.439 e. The van der Waals surface area contributed by atoms with Crippen LogP contribution in [0.25, 0.3) is 0 Å². The van der Waals surface area contributed by atoms with Crippen molar-refractivity contribution < 1.29 is 9.53 Å². The summed E-state index contributed by atoms with van der Waals surface area (Å²) >= 11 is 3.38. The number of nitrogens with zero attached hydrogens (tertiary/aromatic N) is 2. The Balaban J connectivity index is 1.65. The van der Waals surface area contributed by atoms with Crippen LogP contribution in [-0.4, -0.2) is 35.4 Å². The summed E-state index contributed by atoms with van der Waals surface area (Å²) in [6, 6.07) is 11.0. The molecule has 6 heteroatoms. The number of carbonyl (C=O) groups is 1. The molecule has 1 atom stereocenters. The first kappa shape index (κ1) is 16.0. The normalized spacial score (nSPS) is 17.3. The van der Waals surface area contributed by atoms with Crippen LogP contribution in [0.3, 0.4) is 0 Å². The van der Waals surface area contributed by atoms with Crippen molar-refractivity contribution in [3.63, 3.8) is 0 Å². The van der Waals surface area contributed by atoms with Crippen LogP contribution in [-0.2, 0) is 0 Å². The van der Waals surface area contributed by atoms with Gasteiger partial charge < -0.3 is 15.4 Å². The highest BCUT2D eigenvalue weighted by molar-refractivity contribution is 9.10. The molecule has 1 aliphatic heterocycles. The number of aromatic nitrogens is 1. The van der Waals surface area contributed by atoms with Crippen molar-refractivity contribution in [3.8, 4) is 11.6 Å². The topological polar surface area (TPSA) is 68.5 Å². The molecule has 0 bridgehead atoms. The van der Waals surface area contributed by atoms with Crippen molar-refractivity contribution in [1.29, 1.82) is 0 Å². The maximum absolute atomic E-state index is 12.4. The van der Waals surface area contributed by atoms with E-state index in [0.717, 1.165) is 24.0 Å². The molecule has 2 N–H and O–H groups in total. The molecule has 5 nitrogen and oxygen atoms in total. The highest BCUT2D eigenvalue weighted by atomic mass is 79.9. The number of hydrogen-bond donors (Lipinski definition) is 1. The lowest BCUT2D eigenvalue weighted by molar-refractivity contribution is 0.0787. The van der Waals surface area contributed by atoms with Crippen molar-refractivity contribution in [1.82, 2.24) is 9.88 Å². The number of halogens is 1. The Labute approximate surface area is 143 Å². The Morgan fingerprint density at radius 3 is 2.70 bits per heavy atom. The Kier molecular flexibility index (Phi) is 4.93. The summed E-state index contributed by atoms with van der Waals surface area (Å²) in [5.41, 5.74) is 6.24. The van der Waals surface area contributed by atoms with Crippen LogP contribution in [0, 0.1) is 5.92 Å². The highest BCUT2D eigenvalue weighted by Crippen LogP contribution is 2.23. The summed E-state index contributed by atoms with van der Waals surface area (Å²) in [7, 11) is 0. The molecule has 120 valence electrons. The lowest BCUT2D eigenvalue weighted by Gasteiger charge is -2.16. The van der Waals surface area contributed by atoms with Crippen molar-refractivity contribution >= 4 is 21.8 Å². The smallest absolute Gasteiger partial charge is 0.255 e. The molecule has 1 amide bonds. The zero-order valence-electron chi connectivity index (χ0n) is 12.6. The third kappa shape index (κ3) is 3.89. The van der Waals surface area contributed by atoms with Gasteiger partial charge in [0.25, 0.3) is 5.91 Å². The van der Waals surface area contributed by atoms with Gasteiger partial charge in [-0.15, -0.1) is 0 Å². The number of carbonyl (C=O) groups excluding carboxylic acids is 1. The quantitative estimate of drug-likeness (QED) is 0.891. The molecule has 3 rings (SSSR count). The van der Waals surface area contributed by atoms with Gasteiger partial charge in [0.1, 0.15) is 5.75 Å². The first-order valence-electron chi connectivity index (χ1n) is 7.54. The monoisotopic (exact) mass is 375 g/mol. The van der Waals surface area contributed by atoms with E-state index in [1.807, 2.05) is 29.2 Å². The average Bonchev–Trinajstić information content (AvgIpc) is 3.06. The minimum Gasteiger partial charge on any atom is -0.439 e. The Morgan fingerprint density at radius 2 is 2.09 bits per heavy atom. The van der Waals surface area contributed by atoms with Crippen LogP contribution in [0.4, 0.5) is 0 Å². The Hall–Kier alpha value is -1.92. The summed E-state index contributed by atoms with van der Waals surface area (Å²) in [5.74, 6) is 1.57. The number of likely N-dealkylation sites (tertiary alicyclic amines) is 1. The van der Waals surface area contributed by atoms with Crippen molar-refractivity contribution in [3.05, 3.63) is 52.6 Å². The van der Waals surface area contributed by atoms with Gasteiger partial charge in [-0.2, -0.15) is 0 Å². The van der Waals surface area contributed by atoms with Gasteiger partial charge in [0, 0.05) is 29.8 Å². The molecule has 0 saturated carbocycles. The number of nitrogens with two attached hydrogens (primary N) is 1. The van der Waals surface area contributed by atoms with Crippen molar-refractivity contribution in [2.75, 3.05) is 19.6 Å². The predicted molar refractivity (Wildman–Crippen MR) is 91.5 cm³/mol. The molecule has 2 aromatic rings. The van der Waals surface area contributed by atoms with Gasteiger partial charge in [-0.05, 0) is 49.2 Å². The fourth-order valence-corrected chi connectivity index (χ4v) is 2.85. The fraction of sp³-hybridized carbons (Fsp3) is 0.294. The van der Waals surface area contributed by atoms with E-state index in [0.29, 0.717) is 29.7 Å². The summed E-state index contributed by atoms with van der Waals surface area (Å²) < 4.78 is 6.64. The van der Waals surface area contributed by atoms with Gasteiger partial charge in [0.2, 0.25) is 5.88 Å². The number of rotatable bonds is 4. The minimum atomic E-state index is 0.00337. The maximum atomic E-state index is 12.4. The summed E-state index contributed by atoms with van der Waals surface area (Å²) in [6.45, 7) is 2.12. The summed E-state index contributed by atoms with van der Waals surface area (Å²) in [5, 5.41) is 0. The molecular formula is C17H18BrN3O2. The SMILES string of the molecule is NCC1CCN(C(=O)c2ccc(Oc3ccc(Br)cc3)nc2)C1. The van der Waals surface area contributed by atoms with Crippen LogP contribution in [0.5, 0.6) is 11.6 Å².